The highest BCUT2D eigenvalue weighted by atomic mass is 19.1. The third-order valence-corrected chi connectivity index (χ3v) is 2.72. The minimum atomic E-state index is -0.434. The van der Waals surface area contributed by atoms with Gasteiger partial charge in [-0.2, -0.15) is 0 Å². The molecule has 1 atom stereocenters. The van der Waals surface area contributed by atoms with Crippen LogP contribution >= 0.6 is 0 Å². The first-order valence-corrected chi connectivity index (χ1v) is 5.98. The zero-order chi connectivity index (χ0) is 12.8. The number of ether oxygens (including phenoxy) is 1. The maximum absolute atomic E-state index is 13.3. The van der Waals surface area contributed by atoms with Gasteiger partial charge in [-0.15, -0.1) is 0 Å². The molecule has 17 heavy (non-hydrogen) atoms. The van der Waals surface area contributed by atoms with Gasteiger partial charge >= 0.3 is 0 Å². The SMILES string of the molecule is CCCCC(C)Nc1cc(OC)c(F)cc1N. The molecule has 1 unspecified atom stereocenters. The topological polar surface area (TPSA) is 47.3 Å². The highest BCUT2D eigenvalue weighted by molar-refractivity contribution is 5.68. The van der Waals surface area contributed by atoms with Crippen molar-refractivity contribution in [3.8, 4) is 5.75 Å². The van der Waals surface area contributed by atoms with E-state index in [4.69, 9.17) is 10.5 Å². The van der Waals surface area contributed by atoms with Gasteiger partial charge in [-0.25, -0.2) is 4.39 Å². The molecule has 0 fully saturated rings. The monoisotopic (exact) mass is 240 g/mol. The molecule has 3 nitrogen and oxygen atoms in total. The summed E-state index contributed by atoms with van der Waals surface area (Å²) in [6.07, 6.45) is 3.39. The van der Waals surface area contributed by atoms with Crippen molar-refractivity contribution in [1.82, 2.24) is 0 Å². The molecule has 0 saturated carbocycles. The van der Waals surface area contributed by atoms with Crippen molar-refractivity contribution in [3.63, 3.8) is 0 Å². The lowest BCUT2D eigenvalue weighted by Crippen LogP contribution is -2.16. The maximum atomic E-state index is 13.3. The van der Waals surface area contributed by atoms with E-state index in [0.29, 0.717) is 11.7 Å². The van der Waals surface area contributed by atoms with Gasteiger partial charge in [0.05, 0.1) is 18.5 Å². The Labute approximate surface area is 102 Å². The first-order chi connectivity index (χ1) is 8.08. The number of unbranched alkanes of at least 4 members (excludes halogenated alkanes) is 1. The first-order valence-electron chi connectivity index (χ1n) is 5.98. The Morgan fingerprint density at radius 2 is 2.18 bits per heavy atom. The summed E-state index contributed by atoms with van der Waals surface area (Å²) in [6, 6.07) is 3.20. The quantitative estimate of drug-likeness (QED) is 0.749. The zero-order valence-electron chi connectivity index (χ0n) is 10.7. The van der Waals surface area contributed by atoms with Crippen LogP contribution in [0, 0.1) is 5.82 Å². The van der Waals surface area contributed by atoms with Crippen LogP contribution in [-0.4, -0.2) is 13.2 Å². The highest BCUT2D eigenvalue weighted by Gasteiger charge is 2.10. The van der Waals surface area contributed by atoms with Gasteiger partial charge in [0, 0.05) is 18.2 Å². The molecule has 0 aromatic heterocycles. The van der Waals surface area contributed by atoms with Gasteiger partial charge in [-0.05, 0) is 13.3 Å². The Bertz CT molecular complexity index is 369. The highest BCUT2D eigenvalue weighted by Crippen LogP contribution is 2.28. The summed E-state index contributed by atoms with van der Waals surface area (Å²) in [5.74, 6) is -0.221. The van der Waals surface area contributed by atoms with E-state index < -0.39 is 5.82 Å². The van der Waals surface area contributed by atoms with Gasteiger partial charge in [0.25, 0.3) is 0 Å². The summed E-state index contributed by atoms with van der Waals surface area (Å²) >= 11 is 0. The molecule has 0 saturated heterocycles. The van der Waals surface area contributed by atoms with E-state index in [1.165, 1.54) is 13.2 Å². The number of hydrogen-bond acceptors (Lipinski definition) is 3. The van der Waals surface area contributed by atoms with Gasteiger partial charge in [-0.1, -0.05) is 19.8 Å². The van der Waals surface area contributed by atoms with E-state index in [1.54, 1.807) is 6.07 Å². The molecule has 1 aromatic carbocycles. The van der Waals surface area contributed by atoms with E-state index in [-0.39, 0.29) is 5.75 Å². The molecule has 4 heteroatoms. The number of rotatable bonds is 6. The molecular weight excluding hydrogens is 219 g/mol. The van der Waals surface area contributed by atoms with E-state index >= 15 is 0 Å². The molecule has 0 aliphatic rings. The molecule has 1 rings (SSSR count). The molecule has 0 amide bonds. The Morgan fingerprint density at radius 1 is 1.47 bits per heavy atom. The van der Waals surface area contributed by atoms with E-state index in [9.17, 15) is 4.39 Å². The third kappa shape index (κ3) is 3.80. The third-order valence-electron chi connectivity index (χ3n) is 2.72. The molecule has 0 radical (unpaired) electrons. The fourth-order valence-corrected chi connectivity index (χ4v) is 1.70. The van der Waals surface area contributed by atoms with Crippen molar-refractivity contribution in [2.75, 3.05) is 18.2 Å². The van der Waals surface area contributed by atoms with Gasteiger partial charge in [0.15, 0.2) is 11.6 Å². The first kappa shape index (κ1) is 13.6. The smallest absolute Gasteiger partial charge is 0.167 e. The Balaban J connectivity index is 2.76. The van der Waals surface area contributed by atoms with E-state index in [0.717, 1.165) is 24.9 Å². The number of hydrogen-bond donors (Lipinski definition) is 2. The average molecular weight is 240 g/mol. The number of nitrogens with two attached hydrogens (primary N) is 1. The molecule has 1 aromatic rings. The maximum Gasteiger partial charge on any atom is 0.167 e. The molecule has 0 aliphatic carbocycles. The van der Waals surface area contributed by atoms with Crippen LogP contribution in [0.5, 0.6) is 5.75 Å². The minimum absolute atomic E-state index is 0.212. The number of halogens is 1. The lowest BCUT2D eigenvalue weighted by Gasteiger charge is -2.17. The number of benzene rings is 1. The largest absolute Gasteiger partial charge is 0.494 e. The summed E-state index contributed by atoms with van der Waals surface area (Å²) in [7, 11) is 1.44. The number of anilines is 2. The van der Waals surface area contributed by atoms with Gasteiger partial charge < -0.3 is 15.8 Å². The number of nitrogen functional groups attached to an aromatic ring is 1. The standard InChI is InChI=1S/C13H21FN2O/c1-4-5-6-9(2)16-12-8-13(17-3)10(14)7-11(12)15/h7-9,16H,4-6,15H2,1-3H3. The second kappa shape index (κ2) is 6.33. The van der Waals surface area contributed by atoms with Crippen molar-refractivity contribution < 1.29 is 9.13 Å². The fourth-order valence-electron chi connectivity index (χ4n) is 1.70. The van der Waals surface area contributed by atoms with Crippen LogP contribution in [0.25, 0.3) is 0 Å². The molecule has 0 bridgehead atoms. The molecule has 96 valence electrons. The number of nitrogens with one attached hydrogen (secondary N) is 1. The van der Waals surface area contributed by atoms with Crippen LogP contribution in [0.15, 0.2) is 12.1 Å². The van der Waals surface area contributed by atoms with Crippen molar-refractivity contribution >= 4 is 11.4 Å². The second-order valence-corrected chi connectivity index (χ2v) is 4.26. The van der Waals surface area contributed by atoms with E-state index in [1.807, 2.05) is 0 Å². The molecule has 3 N–H and O–H groups in total. The van der Waals surface area contributed by atoms with Crippen LogP contribution < -0.4 is 15.8 Å². The Morgan fingerprint density at radius 3 is 2.76 bits per heavy atom. The Kier molecular flexibility index (Phi) is 5.07. The van der Waals surface area contributed by atoms with Crippen LogP contribution in [0.2, 0.25) is 0 Å². The van der Waals surface area contributed by atoms with Crippen molar-refractivity contribution in [1.29, 1.82) is 0 Å². The summed E-state index contributed by atoms with van der Waals surface area (Å²) in [6.45, 7) is 4.24. The minimum Gasteiger partial charge on any atom is -0.494 e. The van der Waals surface area contributed by atoms with Gasteiger partial charge in [0.2, 0.25) is 0 Å². The molecular formula is C13H21FN2O. The predicted molar refractivity (Wildman–Crippen MR) is 70.0 cm³/mol. The van der Waals surface area contributed by atoms with Crippen molar-refractivity contribution in [2.24, 2.45) is 0 Å². The molecule has 0 spiro atoms. The average Bonchev–Trinajstić information content (AvgIpc) is 2.30. The summed E-state index contributed by atoms with van der Waals surface area (Å²) in [5.41, 5.74) is 6.90. The second-order valence-electron chi connectivity index (χ2n) is 4.26. The van der Waals surface area contributed by atoms with Gasteiger partial charge in [0.1, 0.15) is 0 Å². The molecule has 0 heterocycles. The normalized spacial score (nSPS) is 12.2. The lowest BCUT2D eigenvalue weighted by molar-refractivity contribution is 0.387. The van der Waals surface area contributed by atoms with Gasteiger partial charge in [-0.3, -0.25) is 0 Å². The summed E-state index contributed by atoms with van der Waals surface area (Å²) in [5, 5.41) is 3.28. The molecule has 0 aliphatic heterocycles. The van der Waals surface area contributed by atoms with Crippen LogP contribution in [0.1, 0.15) is 33.1 Å². The lowest BCUT2D eigenvalue weighted by atomic mass is 10.1. The van der Waals surface area contributed by atoms with Crippen molar-refractivity contribution in [2.45, 2.75) is 39.2 Å². The van der Waals surface area contributed by atoms with Crippen LogP contribution in [0.4, 0.5) is 15.8 Å². The summed E-state index contributed by atoms with van der Waals surface area (Å²) < 4.78 is 18.3. The zero-order valence-corrected chi connectivity index (χ0v) is 10.7. The predicted octanol–water partition coefficient (Wildman–Crippen LogP) is 3.41. The van der Waals surface area contributed by atoms with Crippen LogP contribution in [-0.2, 0) is 0 Å². The summed E-state index contributed by atoms with van der Waals surface area (Å²) in [4.78, 5) is 0. The fraction of sp³-hybridized carbons (Fsp3) is 0.538. The van der Waals surface area contributed by atoms with E-state index in [2.05, 4.69) is 19.2 Å². The van der Waals surface area contributed by atoms with Crippen LogP contribution in [0.3, 0.4) is 0 Å². The Hall–Kier alpha value is -1.45. The van der Waals surface area contributed by atoms with Crippen molar-refractivity contribution in [3.05, 3.63) is 17.9 Å². The number of methoxy groups -OCH3 is 1.